The van der Waals surface area contributed by atoms with Gasteiger partial charge < -0.3 is 5.32 Å². The number of sulfonamides is 1. The Hall–Kier alpha value is -2.80. The van der Waals surface area contributed by atoms with Gasteiger partial charge in [0.15, 0.2) is 4.34 Å². The fourth-order valence-corrected chi connectivity index (χ4v) is 5.61. The molecule has 0 aliphatic rings. The summed E-state index contributed by atoms with van der Waals surface area (Å²) in [7, 11) is -0.690. The second-order valence-electron chi connectivity index (χ2n) is 7.75. The van der Waals surface area contributed by atoms with Crippen LogP contribution in [0, 0.1) is 20.8 Å². The van der Waals surface area contributed by atoms with E-state index in [4.69, 9.17) is 0 Å². The van der Waals surface area contributed by atoms with E-state index in [1.807, 2.05) is 32.9 Å². The Kier molecular flexibility index (Phi) is 8.08. The molecule has 0 spiro atoms. The summed E-state index contributed by atoms with van der Waals surface area (Å²) in [4.78, 5) is 25.0. The molecule has 9 nitrogen and oxygen atoms in total. The van der Waals surface area contributed by atoms with Crippen LogP contribution in [0.4, 0.5) is 10.8 Å². The van der Waals surface area contributed by atoms with Gasteiger partial charge in [-0.25, -0.2) is 12.7 Å². The second-order valence-corrected chi connectivity index (χ2v) is 12.1. The van der Waals surface area contributed by atoms with E-state index in [2.05, 4.69) is 20.8 Å². The molecule has 2 amide bonds. The fraction of sp³-hybridized carbons (Fsp3) is 0.273. The lowest BCUT2D eigenvalue weighted by Crippen LogP contribution is -2.22. The number of amides is 2. The number of hydrogen-bond acceptors (Lipinski definition) is 8. The lowest BCUT2D eigenvalue weighted by atomic mass is 10.1. The van der Waals surface area contributed by atoms with Gasteiger partial charge in [0.05, 0.1) is 10.6 Å². The summed E-state index contributed by atoms with van der Waals surface area (Å²) in [6.45, 7) is 5.92. The molecule has 0 aliphatic heterocycles. The zero-order chi connectivity index (χ0) is 25.0. The number of rotatable bonds is 8. The first-order chi connectivity index (χ1) is 16.0. The second kappa shape index (κ2) is 10.6. The zero-order valence-electron chi connectivity index (χ0n) is 19.4. The number of nitrogens with one attached hydrogen (secondary N) is 2. The van der Waals surface area contributed by atoms with Crippen LogP contribution in [-0.4, -0.2) is 54.6 Å². The topological polar surface area (TPSA) is 121 Å². The molecule has 0 atom stereocenters. The minimum Gasteiger partial charge on any atom is -0.325 e. The number of aromatic nitrogens is 2. The van der Waals surface area contributed by atoms with E-state index in [9.17, 15) is 18.0 Å². The third-order valence-corrected chi connectivity index (χ3v) is 8.59. The van der Waals surface area contributed by atoms with E-state index >= 15 is 0 Å². The van der Waals surface area contributed by atoms with Gasteiger partial charge in [0, 0.05) is 25.3 Å². The van der Waals surface area contributed by atoms with Crippen molar-refractivity contribution in [2.45, 2.75) is 30.0 Å². The van der Waals surface area contributed by atoms with Gasteiger partial charge in [-0.05, 0) is 56.2 Å². The Morgan fingerprint density at radius 3 is 2.21 bits per heavy atom. The number of benzene rings is 2. The fourth-order valence-electron chi connectivity index (χ4n) is 3.16. The van der Waals surface area contributed by atoms with Gasteiger partial charge in [0.2, 0.25) is 21.1 Å². The van der Waals surface area contributed by atoms with Gasteiger partial charge in [-0.1, -0.05) is 40.8 Å². The van der Waals surface area contributed by atoms with Crippen LogP contribution in [0.25, 0.3) is 0 Å². The summed E-state index contributed by atoms with van der Waals surface area (Å²) < 4.78 is 25.9. The monoisotopic (exact) mass is 519 g/mol. The van der Waals surface area contributed by atoms with Gasteiger partial charge in [-0.2, -0.15) is 0 Å². The lowest BCUT2D eigenvalue weighted by Gasteiger charge is -2.12. The zero-order valence-corrected chi connectivity index (χ0v) is 21.8. The SMILES string of the molecule is Cc1cc(C)c(NC(=O)CSc2nnc(NC(=O)c3ccc(S(=O)(=O)N(C)C)cc3)s2)c(C)c1. The molecule has 3 rings (SSSR count). The average Bonchev–Trinajstić information content (AvgIpc) is 3.22. The number of carbonyl (C=O) groups is 2. The van der Waals surface area contributed by atoms with E-state index in [0.29, 0.717) is 4.34 Å². The van der Waals surface area contributed by atoms with Crippen molar-refractivity contribution in [3.63, 3.8) is 0 Å². The van der Waals surface area contributed by atoms with E-state index < -0.39 is 15.9 Å². The Morgan fingerprint density at radius 2 is 1.62 bits per heavy atom. The first-order valence-electron chi connectivity index (χ1n) is 10.2. The molecule has 3 aromatic rings. The first-order valence-corrected chi connectivity index (χ1v) is 13.4. The van der Waals surface area contributed by atoms with E-state index in [-0.39, 0.29) is 27.3 Å². The molecular weight excluding hydrogens is 494 g/mol. The summed E-state index contributed by atoms with van der Waals surface area (Å²) in [5.74, 6) is -0.449. The normalized spacial score (nSPS) is 11.5. The average molecular weight is 520 g/mol. The van der Waals surface area contributed by atoms with Crippen LogP contribution in [0.5, 0.6) is 0 Å². The molecule has 34 heavy (non-hydrogen) atoms. The van der Waals surface area contributed by atoms with Crippen molar-refractivity contribution in [3.05, 3.63) is 58.7 Å². The molecular formula is C22H25N5O4S3. The third-order valence-electron chi connectivity index (χ3n) is 4.79. The Morgan fingerprint density at radius 1 is 1.00 bits per heavy atom. The van der Waals surface area contributed by atoms with E-state index in [1.54, 1.807) is 0 Å². The summed E-state index contributed by atoms with van der Waals surface area (Å²) in [5, 5.41) is 13.8. The first kappa shape index (κ1) is 25.8. The van der Waals surface area contributed by atoms with Crippen molar-refractivity contribution in [3.8, 4) is 0 Å². The lowest BCUT2D eigenvalue weighted by molar-refractivity contribution is -0.113. The van der Waals surface area contributed by atoms with Crippen LogP contribution < -0.4 is 10.6 Å². The molecule has 180 valence electrons. The minimum absolute atomic E-state index is 0.0953. The summed E-state index contributed by atoms with van der Waals surface area (Å²) in [6.07, 6.45) is 0. The molecule has 0 fully saturated rings. The van der Waals surface area contributed by atoms with Crippen molar-refractivity contribution in [2.75, 3.05) is 30.5 Å². The highest BCUT2D eigenvalue weighted by molar-refractivity contribution is 8.01. The van der Waals surface area contributed by atoms with Gasteiger partial charge in [0.1, 0.15) is 0 Å². The van der Waals surface area contributed by atoms with Crippen LogP contribution in [0.2, 0.25) is 0 Å². The summed E-state index contributed by atoms with van der Waals surface area (Å²) >= 11 is 2.37. The number of thioether (sulfide) groups is 1. The summed E-state index contributed by atoms with van der Waals surface area (Å²) in [6, 6.07) is 9.65. The van der Waals surface area contributed by atoms with Crippen LogP contribution in [-0.2, 0) is 14.8 Å². The molecule has 0 saturated heterocycles. The summed E-state index contributed by atoms with van der Waals surface area (Å²) in [5.41, 5.74) is 4.24. The maximum atomic E-state index is 12.5. The van der Waals surface area contributed by atoms with Gasteiger partial charge in [0.25, 0.3) is 5.91 Å². The smallest absolute Gasteiger partial charge is 0.257 e. The quantitative estimate of drug-likeness (QED) is 0.344. The Labute approximate surface area is 207 Å². The van der Waals surface area contributed by atoms with Crippen molar-refractivity contribution < 1.29 is 18.0 Å². The maximum absolute atomic E-state index is 12.5. The molecule has 1 aromatic heterocycles. The van der Waals surface area contributed by atoms with E-state index in [0.717, 1.165) is 38.0 Å². The number of anilines is 2. The molecule has 2 aromatic carbocycles. The molecule has 0 bridgehead atoms. The standard InChI is InChI=1S/C22H25N5O4S3/c1-13-10-14(2)19(15(3)11-13)23-18(28)12-32-22-26-25-21(33-22)24-20(29)16-6-8-17(9-7-16)34(30,31)27(4)5/h6-11H,12H2,1-5H3,(H,23,28)(H,24,25,29). The van der Waals surface area contributed by atoms with Crippen LogP contribution >= 0.6 is 23.1 Å². The van der Waals surface area contributed by atoms with Gasteiger partial charge in [-0.3, -0.25) is 14.9 Å². The molecule has 12 heteroatoms. The van der Waals surface area contributed by atoms with Crippen LogP contribution in [0.3, 0.4) is 0 Å². The third kappa shape index (κ3) is 6.20. The van der Waals surface area contributed by atoms with Crippen LogP contribution in [0.15, 0.2) is 45.6 Å². The predicted molar refractivity (Wildman–Crippen MR) is 135 cm³/mol. The molecule has 2 N–H and O–H groups in total. The Balaban J connectivity index is 1.56. The van der Waals surface area contributed by atoms with Crippen molar-refractivity contribution in [1.29, 1.82) is 0 Å². The minimum atomic E-state index is -3.57. The molecule has 0 unspecified atom stereocenters. The number of hydrogen-bond donors (Lipinski definition) is 2. The van der Waals surface area contributed by atoms with E-state index in [1.165, 1.54) is 50.1 Å². The van der Waals surface area contributed by atoms with Crippen molar-refractivity contribution in [1.82, 2.24) is 14.5 Å². The molecule has 1 heterocycles. The highest BCUT2D eigenvalue weighted by Gasteiger charge is 2.18. The predicted octanol–water partition coefficient (Wildman–Crippen LogP) is 3.70. The molecule has 0 radical (unpaired) electrons. The van der Waals surface area contributed by atoms with Crippen molar-refractivity contribution in [2.24, 2.45) is 0 Å². The van der Waals surface area contributed by atoms with Crippen molar-refractivity contribution >= 4 is 55.8 Å². The highest BCUT2D eigenvalue weighted by Crippen LogP contribution is 2.27. The largest absolute Gasteiger partial charge is 0.325 e. The number of nitrogens with zero attached hydrogens (tertiary/aromatic N) is 3. The van der Waals surface area contributed by atoms with Gasteiger partial charge in [-0.15, -0.1) is 10.2 Å². The molecule has 0 saturated carbocycles. The number of carbonyl (C=O) groups excluding carboxylic acids is 2. The van der Waals surface area contributed by atoms with Gasteiger partial charge >= 0.3 is 0 Å². The van der Waals surface area contributed by atoms with Crippen LogP contribution in [0.1, 0.15) is 27.0 Å². The highest BCUT2D eigenvalue weighted by atomic mass is 32.2. The number of aryl methyl sites for hydroxylation is 3. The maximum Gasteiger partial charge on any atom is 0.257 e. The molecule has 0 aliphatic carbocycles. The Bertz CT molecular complexity index is 1300.